The first kappa shape index (κ1) is 37.1. The Bertz CT molecular complexity index is 673. The third-order valence-corrected chi connectivity index (χ3v) is 7.83. The summed E-state index contributed by atoms with van der Waals surface area (Å²) in [5, 5.41) is 0. The minimum absolute atomic E-state index is 0.105. The molecule has 4 atom stereocenters. The van der Waals surface area contributed by atoms with Gasteiger partial charge >= 0.3 is 17.9 Å². The number of rotatable bonds is 25. The number of carbonyl (C=O) groups excluding carboxylic acids is 3. The predicted molar refractivity (Wildman–Crippen MR) is 159 cm³/mol. The van der Waals surface area contributed by atoms with Gasteiger partial charge in [-0.15, -0.1) is 0 Å². The Morgan fingerprint density at radius 3 is 1.49 bits per heavy atom. The molecule has 0 aromatic rings. The quantitative estimate of drug-likeness (QED) is 0.0641. The van der Waals surface area contributed by atoms with Crippen molar-refractivity contribution >= 4 is 17.9 Å². The molecule has 0 aliphatic carbocycles. The normalized spacial score (nSPS) is 14.2. The van der Waals surface area contributed by atoms with Crippen molar-refractivity contribution < 1.29 is 28.6 Å². The van der Waals surface area contributed by atoms with Crippen LogP contribution in [0, 0.1) is 23.7 Å². The van der Waals surface area contributed by atoms with Crippen molar-refractivity contribution in [3.8, 4) is 0 Å². The van der Waals surface area contributed by atoms with Crippen molar-refractivity contribution in [2.45, 2.75) is 138 Å². The minimum Gasteiger partial charge on any atom is -0.465 e. The Hall–Kier alpha value is -1.85. The van der Waals surface area contributed by atoms with Crippen LogP contribution in [0.1, 0.15) is 138 Å². The van der Waals surface area contributed by atoms with Crippen molar-refractivity contribution in [3.63, 3.8) is 0 Å². The van der Waals surface area contributed by atoms with Gasteiger partial charge in [0.05, 0.1) is 25.7 Å². The lowest BCUT2D eigenvalue weighted by Crippen LogP contribution is -2.25. The Kier molecular flexibility index (Phi) is 22.9. The molecule has 0 radical (unpaired) electrons. The lowest BCUT2D eigenvalue weighted by Gasteiger charge is -2.20. The highest BCUT2D eigenvalue weighted by molar-refractivity contribution is 5.89. The average Bonchev–Trinajstić information content (AvgIpc) is 2.94. The SMILES string of the molecule is C=C(CC(CCC(=O)OCC(CC)CCCC)C(=O)OCC(CC)CCCC)C(=O)OCC(CC)CCCC. The fraction of sp³-hybridized carbons (Fsp3) is 0.848. The second-order valence-corrected chi connectivity index (χ2v) is 11.2. The molecular formula is C33H60O6. The standard InChI is InChI=1S/C33H60O6/c1-8-14-17-27(11-4)23-37-31(34)21-20-30(33(36)39-25-29(13-6)19-16-10-3)22-26(7)32(35)38-24-28(12-5)18-15-9-2/h27-30H,7-25H2,1-6H3. The zero-order valence-electron chi connectivity index (χ0n) is 26.2. The van der Waals surface area contributed by atoms with Gasteiger partial charge in [-0.2, -0.15) is 0 Å². The third kappa shape index (κ3) is 18.2. The lowest BCUT2D eigenvalue weighted by atomic mass is 9.95. The number of ether oxygens (including phenoxy) is 3. The highest BCUT2D eigenvalue weighted by atomic mass is 16.5. The van der Waals surface area contributed by atoms with Gasteiger partial charge < -0.3 is 14.2 Å². The summed E-state index contributed by atoms with van der Waals surface area (Å²) >= 11 is 0. The molecule has 0 aromatic carbocycles. The van der Waals surface area contributed by atoms with Crippen molar-refractivity contribution in [1.82, 2.24) is 0 Å². The molecule has 6 nitrogen and oxygen atoms in total. The highest BCUT2D eigenvalue weighted by Crippen LogP contribution is 2.23. The van der Waals surface area contributed by atoms with Crippen molar-refractivity contribution in [2.75, 3.05) is 19.8 Å². The minimum atomic E-state index is -0.634. The molecule has 0 N–H and O–H groups in total. The summed E-state index contributed by atoms with van der Waals surface area (Å²) in [4.78, 5) is 38.3. The molecule has 0 aliphatic rings. The summed E-state index contributed by atoms with van der Waals surface area (Å²) in [6.45, 7) is 17.8. The molecule has 0 amide bonds. The van der Waals surface area contributed by atoms with Crippen molar-refractivity contribution in [2.24, 2.45) is 23.7 Å². The van der Waals surface area contributed by atoms with E-state index < -0.39 is 11.9 Å². The Morgan fingerprint density at radius 2 is 1.05 bits per heavy atom. The molecule has 39 heavy (non-hydrogen) atoms. The van der Waals surface area contributed by atoms with Crippen molar-refractivity contribution in [1.29, 1.82) is 0 Å². The van der Waals surface area contributed by atoms with Gasteiger partial charge in [0, 0.05) is 12.0 Å². The largest absolute Gasteiger partial charge is 0.465 e. The molecule has 0 aliphatic heterocycles. The lowest BCUT2D eigenvalue weighted by molar-refractivity contribution is -0.151. The summed E-state index contributed by atoms with van der Waals surface area (Å²) < 4.78 is 16.8. The van der Waals surface area contributed by atoms with Gasteiger partial charge in [0.1, 0.15) is 0 Å². The summed E-state index contributed by atoms with van der Waals surface area (Å²) in [5.41, 5.74) is 0.249. The molecule has 0 fully saturated rings. The van der Waals surface area contributed by atoms with E-state index in [1.807, 2.05) is 0 Å². The van der Waals surface area contributed by atoms with E-state index in [1.54, 1.807) is 0 Å². The molecular weight excluding hydrogens is 492 g/mol. The maximum Gasteiger partial charge on any atom is 0.333 e. The van der Waals surface area contributed by atoms with Crippen molar-refractivity contribution in [3.05, 3.63) is 12.2 Å². The molecule has 228 valence electrons. The average molecular weight is 553 g/mol. The number of esters is 3. The van der Waals surface area contributed by atoms with E-state index in [0.29, 0.717) is 37.6 Å². The van der Waals surface area contributed by atoms with Crippen LogP contribution in [0.2, 0.25) is 0 Å². The first-order chi connectivity index (χ1) is 18.8. The van der Waals surface area contributed by atoms with Crippen LogP contribution < -0.4 is 0 Å². The summed E-state index contributed by atoms with van der Waals surface area (Å²) in [6, 6.07) is 0. The molecule has 0 heterocycles. The fourth-order valence-corrected chi connectivity index (χ4v) is 4.57. The van der Waals surface area contributed by atoms with E-state index in [0.717, 1.165) is 77.0 Å². The van der Waals surface area contributed by atoms with Gasteiger partial charge in [-0.3, -0.25) is 9.59 Å². The predicted octanol–water partition coefficient (Wildman–Crippen LogP) is 8.61. The van der Waals surface area contributed by atoms with Crippen LogP contribution in [0.3, 0.4) is 0 Å². The molecule has 0 rings (SSSR count). The maximum atomic E-state index is 13.1. The summed E-state index contributed by atoms with van der Waals surface area (Å²) in [6.07, 6.45) is 13.1. The van der Waals surface area contributed by atoms with E-state index >= 15 is 0 Å². The highest BCUT2D eigenvalue weighted by Gasteiger charge is 2.26. The maximum absolute atomic E-state index is 13.1. The van der Waals surface area contributed by atoms with Crippen LogP contribution in [-0.2, 0) is 28.6 Å². The number of carbonyl (C=O) groups is 3. The number of unbranched alkanes of at least 4 members (excludes halogenated alkanes) is 3. The van der Waals surface area contributed by atoms with Gasteiger partial charge in [-0.1, -0.05) is 106 Å². The van der Waals surface area contributed by atoms with Gasteiger partial charge in [-0.25, -0.2) is 4.79 Å². The van der Waals surface area contributed by atoms with E-state index in [9.17, 15) is 14.4 Å². The van der Waals surface area contributed by atoms with Crippen LogP contribution >= 0.6 is 0 Å². The second kappa shape index (κ2) is 24.0. The van der Waals surface area contributed by atoms with Crippen LogP contribution in [0.5, 0.6) is 0 Å². The Labute approximate surface area is 240 Å². The van der Waals surface area contributed by atoms with E-state index in [1.165, 1.54) is 0 Å². The summed E-state index contributed by atoms with van der Waals surface area (Å²) in [5.74, 6) is -0.789. The third-order valence-electron chi connectivity index (χ3n) is 7.83. The zero-order chi connectivity index (χ0) is 29.5. The van der Waals surface area contributed by atoms with Crippen LogP contribution in [-0.4, -0.2) is 37.7 Å². The van der Waals surface area contributed by atoms with Crippen LogP contribution in [0.25, 0.3) is 0 Å². The monoisotopic (exact) mass is 552 g/mol. The summed E-state index contributed by atoms with van der Waals surface area (Å²) in [7, 11) is 0. The molecule has 0 bridgehead atoms. The van der Waals surface area contributed by atoms with Gasteiger partial charge in [0.15, 0.2) is 0 Å². The van der Waals surface area contributed by atoms with Gasteiger partial charge in [0.2, 0.25) is 0 Å². The topological polar surface area (TPSA) is 78.9 Å². The second-order valence-electron chi connectivity index (χ2n) is 11.2. The molecule has 0 spiro atoms. The number of hydrogen-bond donors (Lipinski definition) is 0. The van der Waals surface area contributed by atoms with E-state index in [4.69, 9.17) is 14.2 Å². The molecule has 0 saturated carbocycles. The van der Waals surface area contributed by atoms with Crippen LogP contribution in [0.15, 0.2) is 12.2 Å². The molecule has 0 saturated heterocycles. The van der Waals surface area contributed by atoms with Gasteiger partial charge in [0.25, 0.3) is 0 Å². The Balaban J connectivity index is 5.11. The molecule has 4 unspecified atom stereocenters. The zero-order valence-corrected chi connectivity index (χ0v) is 26.2. The first-order valence-electron chi connectivity index (χ1n) is 15.9. The van der Waals surface area contributed by atoms with E-state index in [-0.39, 0.29) is 36.8 Å². The van der Waals surface area contributed by atoms with Crippen LogP contribution in [0.4, 0.5) is 0 Å². The van der Waals surface area contributed by atoms with E-state index in [2.05, 4.69) is 48.1 Å². The number of hydrogen-bond acceptors (Lipinski definition) is 6. The molecule has 0 aromatic heterocycles. The fourth-order valence-electron chi connectivity index (χ4n) is 4.57. The van der Waals surface area contributed by atoms with Gasteiger partial charge in [-0.05, 0) is 49.9 Å². The Morgan fingerprint density at radius 1 is 0.615 bits per heavy atom. The first-order valence-corrected chi connectivity index (χ1v) is 15.9. The molecule has 6 heteroatoms. The smallest absolute Gasteiger partial charge is 0.333 e.